The number of amides is 2. The number of aromatic nitrogens is 2. The summed E-state index contributed by atoms with van der Waals surface area (Å²) in [6.07, 6.45) is 3.80. The predicted octanol–water partition coefficient (Wildman–Crippen LogP) is 2.48. The third-order valence-corrected chi connectivity index (χ3v) is 5.72. The molecule has 2 amide bonds. The number of rotatable bonds is 7. The van der Waals surface area contributed by atoms with Crippen molar-refractivity contribution in [3.63, 3.8) is 0 Å². The molecule has 1 aromatic carbocycles. The first-order valence-corrected chi connectivity index (χ1v) is 10.7. The number of nitriles is 1. The molecule has 2 N–H and O–H groups in total. The molecule has 3 atom stereocenters. The van der Waals surface area contributed by atoms with Gasteiger partial charge in [0.15, 0.2) is 0 Å². The van der Waals surface area contributed by atoms with E-state index in [9.17, 15) is 14.9 Å². The van der Waals surface area contributed by atoms with Crippen LogP contribution < -0.4 is 10.6 Å². The number of nitrogens with one attached hydrogen (secondary N) is 2. The lowest BCUT2D eigenvalue weighted by molar-refractivity contribution is -0.119. The Morgan fingerprint density at radius 3 is 2.69 bits per heavy atom. The maximum absolute atomic E-state index is 13.0. The lowest BCUT2D eigenvalue weighted by atomic mass is 10.0. The van der Waals surface area contributed by atoms with Gasteiger partial charge in [-0.2, -0.15) is 5.26 Å². The molecule has 3 rings (SSSR count). The van der Waals surface area contributed by atoms with Gasteiger partial charge in [0.2, 0.25) is 11.9 Å². The predicted molar refractivity (Wildman–Crippen MR) is 122 cm³/mol. The fourth-order valence-corrected chi connectivity index (χ4v) is 3.55. The second kappa shape index (κ2) is 10.4. The van der Waals surface area contributed by atoms with E-state index in [2.05, 4.69) is 26.7 Å². The summed E-state index contributed by atoms with van der Waals surface area (Å²) >= 11 is 5.81. The van der Waals surface area contributed by atoms with Gasteiger partial charge in [0, 0.05) is 36.4 Å². The van der Waals surface area contributed by atoms with Crippen molar-refractivity contribution < 1.29 is 9.59 Å². The van der Waals surface area contributed by atoms with Crippen LogP contribution in [0, 0.1) is 17.2 Å². The average Bonchev–Trinajstić information content (AvgIpc) is 3.23. The molecule has 2 unspecified atom stereocenters. The summed E-state index contributed by atoms with van der Waals surface area (Å²) in [5.41, 5.74) is 0.954. The Morgan fingerprint density at radius 2 is 2.03 bits per heavy atom. The molecular formula is C22H26ClN7O2. The van der Waals surface area contributed by atoms with Gasteiger partial charge < -0.3 is 20.4 Å². The van der Waals surface area contributed by atoms with Crippen molar-refractivity contribution in [2.45, 2.75) is 25.4 Å². The molecule has 1 aliphatic heterocycles. The molecule has 1 aliphatic rings. The molecule has 0 spiro atoms. The van der Waals surface area contributed by atoms with Crippen molar-refractivity contribution >= 4 is 35.1 Å². The maximum Gasteiger partial charge on any atom is 0.254 e. The Balaban J connectivity index is 1.62. The second-order valence-electron chi connectivity index (χ2n) is 7.99. The number of nitrogens with zero attached hydrogens (tertiary/aromatic N) is 5. The van der Waals surface area contributed by atoms with E-state index in [0.717, 1.165) is 6.42 Å². The van der Waals surface area contributed by atoms with Crippen LogP contribution in [0.5, 0.6) is 0 Å². The summed E-state index contributed by atoms with van der Waals surface area (Å²) in [5.74, 6) is -0.880. The molecule has 0 bridgehead atoms. The van der Waals surface area contributed by atoms with Crippen molar-refractivity contribution in [1.29, 1.82) is 5.26 Å². The molecule has 1 aromatic heterocycles. The highest BCUT2D eigenvalue weighted by Crippen LogP contribution is 2.20. The molecule has 9 nitrogen and oxygen atoms in total. The van der Waals surface area contributed by atoms with E-state index in [1.54, 1.807) is 29.2 Å². The highest BCUT2D eigenvalue weighted by atomic mass is 35.5. The molecule has 0 radical (unpaired) electrons. The van der Waals surface area contributed by atoms with E-state index >= 15 is 0 Å². The molecule has 1 fully saturated rings. The third-order valence-electron chi connectivity index (χ3n) is 5.52. The number of hydrogen-bond acceptors (Lipinski definition) is 7. The van der Waals surface area contributed by atoms with Gasteiger partial charge in [-0.1, -0.05) is 17.7 Å². The number of hydrogen-bond donors (Lipinski definition) is 2. The van der Waals surface area contributed by atoms with Gasteiger partial charge in [0.25, 0.3) is 5.91 Å². The average molecular weight is 456 g/mol. The highest BCUT2D eigenvalue weighted by Gasteiger charge is 2.29. The first-order chi connectivity index (χ1) is 15.3. The fraction of sp³-hybridized carbons (Fsp3) is 0.409. The topological polar surface area (TPSA) is 114 Å². The van der Waals surface area contributed by atoms with Crippen LogP contribution in [-0.4, -0.2) is 70.9 Å². The molecule has 32 heavy (non-hydrogen) atoms. The Morgan fingerprint density at radius 1 is 1.31 bits per heavy atom. The zero-order valence-electron chi connectivity index (χ0n) is 18.2. The molecule has 10 heteroatoms. The van der Waals surface area contributed by atoms with Crippen LogP contribution in [0.25, 0.3) is 0 Å². The standard InChI is InChI=1S/C22H26ClN7O2/c1-14(29(2)3)19(10-24)20(31)27-17-6-4-5-15(9-17)21(32)30-8-7-18(13-30)28-22-25-11-16(23)12-26-22/h4-6,9,11-12,14,18-19H,7-8,13H2,1-3H3,(H,27,31)(H,25,26,28)/t14?,18-,19?/m1/s1. The Hall–Kier alpha value is -3.22. The lowest BCUT2D eigenvalue weighted by Crippen LogP contribution is -2.39. The van der Waals surface area contributed by atoms with Gasteiger partial charge in [-0.15, -0.1) is 0 Å². The van der Waals surface area contributed by atoms with Crippen molar-refractivity contribution in [3.8, 4) is 6.07 Å². The van der Waals surface area contributed by atoms with Crippen LogP contribution in [-0.2, 0) is 4.79 Å². The van der Waals surface area contributed by atoms with Gasteiger partial charge in [0.1, 0.15) is 5.92 Å². The van der Waals surface area contributed by atoms with E-state index in [1.807, 2.05) is 25.9 Å². The summed E-state index contributed by atoms with van der Waals surface area (Å²) in [4.78, 5) is 37.4. The zero-order valence-corrected chi connectivity index (χ0v) is 19.0. The van der Waals surface area contributed by atoms with Gasteiger partial charge in [-0.3, -0.25) is 9.59 Å². The molecule has 0 saturated carbocycles. The monoisotopic (exact) mass is 455 g/mol. The van der Waals surface area contributed by atoms with Crippen LogP contribution in [0.3, 0.4) is 0 Å². The SMILES string of the molecule is CC(C(C#N)C(=O)Nc1cccc(C(=O)N2CC[C@@H](Nc3ncc(Cl)cn3)C2)c1)N(C)C. The van der Waals surface area contributed by atoms with Crippen LogP contribution in [0.1, 0.15) is 23.7 Å². The zero-order chi connectivity index (χ0) is 23.3. The minimum atomic E-state index is -0.829. The first kappa shape index (κ1) is 23.4. The van der Waals surface area contributed by atoms with Crippen molar-refractivity contribution in [3.05, 3.63) is 47.2 Å². The molecule has 168 valence electrons. The molecule has 2 heterocycles. The molecule has 1 saturated heterocycles. The number of anilines is 2. The smallest absolute Gasteiger partial charge is 0.254 e. The first-order valence-electron chi connectivity index (χ1n) is 10.3. The molecular weight excluding hydrogens is 430 g/mol. The molecule has 0 aliphatic carbocycles. The Labute approximate surface area is 192 Å². The quantitative estimate of drug-likeness (QED) is 0.659. The summed E-state index contributed by atoms with van der Waals surface area (Å²) < 4.78 is 0. The largest absolute Gasteiger partial charge is 0.350 e. The number of carbonyl (C=O) groups excluding carboxylic acids is 2. The number of likely N-dealkylation sites (tertiary alicyclic amines) is 1. The van der Waals surface area contributed by atoms with E-state index < -0.39 is 11.8 Å². The summed E-state index contributed by atoms with van der Waals surface area (Å²) in [6, 6.07) is 8.62. The van der Waals surface area contributed by atoms with Gasteiger partial charge in [-0.05, 0) is 45.6 Å². The van der Waals surface area contributed by atoms with Crippen molar-refractivity contribution in [2.75, 3.05) is 37.8 Å². The van der Waals surface area contributed by atoms with Crippen molar-refractivity contribution in [1.82, 2.24) is 19.8 Å². The van der Waals surface area contributed by atoms with E-state index in [-0.39, 0.29) is 18.0 Å². The van der Waals surface area contributed by atoms with Gasteiger partial charge in [0.05, 0.1) is 23.5 Å². The summed E-state index contributed by atoms with van der Waals surface area (Å²) in [7, 11) is 3.64. The van der Waals surface area contributed by atoms with E-state index in [0.29, 0.717) is 35.3 Å². The van der Waals surface area contributed by atoms with Crippen LogP contribution in [0.2, 0.25) is 5.02 Å². The second-order valence-corrected chi connectivity index (χ2v) is 8.42. The minimum absolute atomic E-state index is 0.0342. The van der Waals surface area contributed by atoms with Crippen LogP contribution >= 0.6 is 11.6 Å². The highest BCUT2D eigenvalue weighted by molar-refractivity contribution is 6.30. The minimum Gasteiger partial charge on any atom is -0.350 e. The van der Waals surface area contributed by atoms with Crippen molar-refractivity contribution in [2.24, 2.45) is 5.92 Å². The van der Waals surface area contributed by atoms with E-state index in [4.69, 9.17) is 11.6 Å². The Kier molecular flexibility index (Phi) is 7.62. The molecule has 2 aromatic rings. The number of carbonyl (C=O) groups is 2. The summed E-state index contributed by atoms with van der Waals surface area (Å²) in [6.45, 7) is 2.93. The third kappa shape index (κ3) is 5.72. The van der Waals surface area contributed by atoms with E-state index in [1.165, 1.54) is 12.4 Å². The summed E-state index contributed by atoms with van der Waals surface area (Å²) in [5, 5.41) is 15.8. The fourth-order valence-electron chi connectivity index (χ4n) is 3.45. The normalized spacial score (nSPS) is 17.5. The maximum atomic E-state index is 13.0. The van der Waals surface area contributed by atoms with Crippen LogP contribution in [0.15, 0.2) is 36.7 Å². The lowest BCUT2D eigenvalue weighted by Gasteiger charge is -2.23. The number of benzene rings is 1. The van der Waals surface area contributed by atoms with Crippen LogP contribution in [0.4, 0.5) is 11.6 Å². The number of halogens is 1. The van der Waals surface area contributed by atoms with Gasteiger partial charge in [-0.25, -0.2) is 9.97 Å². The Bertz CT molecular complexity index is 1010. The van der Waals surface area contributed by atoms with Gasteiger partial charge >= 0.3 is 0 Å².